The molecule has 144 valence electrons. The fourth-order valence-corrected chi connectivity index (χ4v) is 3.06. The van der Waals surface area contributed by atoms with Crippen LogP contribution in [0, 0.1) is 12.8 Å². The second-order valence-electron chi connectivity index (χ2n) is 6.48. The van der Waals surface area contributed by atoms with E-state index in [4.69, 9.17) is 0 Å². The minimum absolute atomic E-state index is 0.367. The van der Waals surface area contributed by atoms with Crippen molar-refractivity contribution in [2.75, 3.05) is 23.3 Å². The Balaban J connectivity index is 1.78. The molecule has 0 bridgehead atoms. The van der Waals surface area contributed by atoms with E-state index in [0.29, 0.717) is 42.7 Å². The van der Waals surface area contributed by atoms with Gasteiger partial charge in [-0.3, -0.25) is 4.79 Å². The number of carboxylic acids is 1. The zero-order chi connectivity index (χ0) is 19.6. The number of hydrogen-bond donors (Lipinski definition) is 2. The number of halogens is 3. The Labute approximate surface area is 154 Å². The number of anilines is 3. The molecule has 0 spiro atoms. The predicted molar refractivity (Wildman–Crippen MR) is 94.1 cm³/mol. The molecule has 0 saturated carbocycles. The van der Waals surface area contributed by atoms with Crippen LogP contribution in [0.4, 0.5) is 30.5 Å². The molecule has 1 fully saturated rings. The van der Waals surface area contributed by atoms with Gasteiger partial charge in [0.15, 0.2) is 0 Å². The molecule has 0 amide bonds. The van der Waals surface area contributed by atoms with Gasteiger partial charge in [-0.05, 0) is 44.0 Å². The number of benzene rings is 1. The molecule has 0 aliphatic carbocycles. The molecule has 1 aromatic heterocycles. The molecule has 3 rings (SSSR count). The van der Waals surface area contributed by atoms with E-state index < -0.39 is 23.6 Å². The van der Waals surface area contributed by atoms with Crippen LogP contribution >= 0.6 is 0 Å². The Morgan fingerprint density at radius 2 is 1.96 bits per heavy atom. The number of hydrogen-bond acceptors (Lipinski definition) is 5. The molecular formula is C18H19F3N4O2. The van der Waals surface area contributed by atoms with Crippen LogP contribution in [-0.4, -0.2) is 34.1 Å². The smallest absolute Gasteiger partial charge is 0.416 e. The highest BCUT2D eigenvalue weighted by Crippen LogP contribution is 2.30. The first-order valence-corrected chi connectivity index (χ1v) is 8.50. The Hall–Kier alpha value is -2.84. The van der Waals surface area contributed by atoms with Crippen molar-refractivity contribution < 1.29 is 23.1 Å². The molecule has 1 aromatic carbocycles. The number of rotatable bonds is 4. The molecule has 9 heteroatoms. The molecule has 6 nitrogen and oxygen atoms in total. The van der Waals surface area contributed by atoms with Gasteiger partial charge in [0.05, 0.1) is 11.5 Å². The summed E-state index contributed by atoms with van der Waals surface area (Å²) in [6, 6.07) is 6.34. The fourth-order valence-electron chi connectivity index (χ4n) is 3.06. The molecule has 0 radical (unpaired) electrons. The molecule has 2 aromatic rings. The van der Waals surface area contributed by atoms with Crippen LogP contribution in [0.1, 0.15) is 24.2 Å². The van der Waals surface area contributed by atoms with E-state index >= 15 is 0 Å². The monoisotopic (exact) mass is 380 g/mol. The number of carboxylic acid groups (broad SMARTS) is 1. The second-order valence-corrected chi connectivity index (χ2v) is 6.48. The number of nitrogens with one attached hydrogen (secondary N) is 1. The zero-order valence-corrected chi connectivity index (χ0v) is 14.6. The molecular weight excluding hydrogens is 361 g/mol. The highest BCUT2D eigenvalue weighted by atomic mass is 19.4. The van der Waals surface area contributed by atoms with Gasteiger partial charge in [0.1, 0.15) is 17.5 Å². The Morgan fingerprint density at radius 3 is 2.59 bits per heavy atom. The second kappa shape index (κ2) is 7.42. The minimum atomic E-state index is -4.38. The summed E-state index contributed by atoms with van der Waals surface area (Å²) in [4.78, 5) is 21.8. The van der Waals surface area contributed by atoms with Crippen LogP contribution in [0.2, 0.25) is 0 Å². The summed E-state index contributed by atoms with van der Waals surface area (Å²) in [5.41, 5.74) is -0.255. The fraction of sp³-hybridized carbons (Fsp3) is 0.389. The highest BCUT2D eigenvalue weighted by molar-refractivity contribution is 5.71. The van der Waals surface area contributed by atoms with Gasteiger partial charge >= 0.3 is 12.1 Å². The average molecular weight is 380 g/mol. The SMILES string of the molecule is Cc1nc(Nc2ccc(C(F)(F)F)cc2)cc(N2CCC[C@H](C(=O)O)C2)n1. The minimum Gasteiger partial charge on any atom is -0.481 e. The van der Waals surface area contributed by atoms with E-state index in [1.165, 1.54) is 12.1 Å². The normalized spacial score (nSPS) is 17.6. The number of aryl methyl sites for hydroxylation is 1. The third kappa shape index (κ3) is 4.66. The first-order valence-electron chi connectivity index (χ1n) is 8.50. The van der Waals surface area contributed by atoms with Gasteiger partial charge in [-0.2, -0.15) is 13.2 Å². The van der Waals surface area contributed by atoms with Crippen LogP contribution in [0.5, 0.6) is 0 Å². The van der Waals surface area contributed by atoms with Crippen LogP contribution in [-0.2, 0) is 11.0 Å². The summed E-state index contributed by atoms with van der Waals surface area (Å²) < 4.78 is 38.0. The predicted octanol–water partition coefficient (Wildman–Crippen LogP) is 3.85. The van der Waals surface area contributed by atoms with Crippen molar-refractivity contribution in [3.63, 3.8) is 0 Å². The number of nitrogens with zero attached hydrogens (tertiary/aromatic N) is 3. The van der Waals surface area contributed by atoms with Crippen molar-refractivity contribution in [2.24, 2.45) is 5.92 Å². The zero-order valence-electron chi connectivity index (χ0n) is 14.6. The third-order valence-electron chi connectivity index (χ3n) is 4.40. The lowest BCUT2D eigenvalue weighted by molar-refractivity contribution is -0.142. The summed E-state index contributed by atoms with van der Waals surface area (Å²) in [7, 11) is 0. The standard InChI is InChI=1S/C18H19F3N4O2/c1-11-22-15(24-14-6-4-13(5-7-14)18(19,20)21)9-16(23-11)25-8-2-3-12(10-25)17(26)27/h4-7,9,12H,2-3,8,10H2,1H3,(H,26,27)(H,22,23,24)/t12-/m0/s1. The first kappa shape index (κ1) is 18.9. The van der Waals surface area contributed by atoms with Gasteiger partial charge in [-0.25, -0.2) is 9.97 Å². The lowest BCUT2D eigenvalue weighted by Crippen LogP contribution is -2.39. The third-order valence-corrected chi connectivity index (χ3v) is 4.40. The number of piperidine rings is 1. The maximum absolute atomic E-state index is 12.7. The number of aromatic nitrogens is 2. The summed E-state index contributed by atoms with van der Waals surface area (Å²) in [5.74, 6) is 0.255. The van der Waals surface area contributed by atoms with E-state index in [9.17, 15) is 23.1 Å². The van der Waals surface area contributed by atoms with E-state index in [1.54, 1.807) is 13.0 Å². The molecule has 1 aliphatic rings. The van der Waals surface area contributed by atoms with Crippen molar-refractivity contribution >= 4 is 23.3 Å². The van der Waals surface area contributed by atoms with Gasteiger partial charge in [0.25, 0.3) is 0 Å². The molecule has 1 saturated heterocycles. The molecule has 2 N–H and O–H groups in total. The van der Waals surface area contributed by atoms with Crippen molar-refractivity contribution in [1.82, 2.24) is 9.97 Å². The largest absolute Gasteiger partial charge is 0.481 e. The molecule has 2 heterocycles. The number of carbonyl (C=O) groups is 1. The van der Waals surface area contributed by atoms with E-state index in [1.807, 2.05) is 4.90 Å². The lowest BCUT2D eigenvalue weighted by Gasteiger charge is -2.31. The Morgan fingerprint density at radius 1 is 1.26 bits per heavy atom. The maximum atomic E-state index is 12.7. The Bertz CT molecular complexity index is 824. The summed E-state index contributed by atoms with van der Waals surface area (Å²) in [6.45, 7) is 2.77. The van der Waals surface area contributed by atoms with Crippen molar-refractivity contribution in [3.05, 3.63) is 41.7 Å². The van der Waals surface area contributed by atoms with Crippen LogP contribution in [0.15, 0.2) is 30.3 Å². The molecule has 1 atom stereocenters. The highest BCUT2D eigenvalue weighted by Gasteiger charge is 2.30. The van der Waals surface area contributed by atoms with Gasteiger partial charge in [-0.15, -0.1) is 0 Å². The average Bonchev–Trinajstić information content (AvgIpc) is 2.61. The first-order chi connectivity index (χ1) is 12.7. The van der Waals surface area contributed by atoms with Gasteiger partial charge in [-0.1, -0.05) is 0 Å². The summed E-state index contributed by atoms with van der Waals surface area (Å²) in [5, 5.41) is 12.2. The van der Waals surface area contributed by atoms with Crippen molar-refractivity contribution in [1.29, 1.82) is 0 Å². The Kier molecular flexibility index (Phi) is 5.20. The van der Waals surface area contributed by atoms with Gasteiger partial charge in [0, 0.05) is 24.8 Å². The van der Waals surface area contributed by atoms with Crippen molar-refractivity contribution in [2.45, 2.75) is 25.9 Å². The lowest BCUT2D eigenvalue weighted by atomic mass is 9.98. The number of aliphatic carboxylic acids is 1. The van der Waals surface area contributed by atoms with Gasteiger partial charge < -0.3 is 15.3 Å². The van der Waals surface area contributed by atoms with Gasteiger partial charge in [0.2, 0.25) is 0 Å². The van der Waals surface area contributed by atoms with E-state index in [2.05, 4.69) is 15.3 Å². The van der Waals surface area contributed by atoms with Crippen LogP contribution < -0.4 is 10.2 Å². The van der Waals surface area contributed by atoms with Crippen molar-refractivity contribution in [3.8, 4) is 0 Å². The topological polar surface area (TPSA) is 78.4 Å². The van der Waals surface area contributed by atoms with Crippen LogP contribution in [0.25, 0.3) is 0 Å². The molecule has 1 aliphatic heterocycles. The van der Waals surface area contributed by atoms with E-state index in [0.717, 1.165) is 18.6 Å². The molecule has 0 unspecified atom stereocenters. The molecule has 27 heavy (non-hydrogen) atoms. The van der Waals surface area contributed by atoms with Crippen LogP contribution in [0.3, 0.4) is 0 Å². The summed E-state index contributed by atoms with van der Waals surface area (Å²) >= 11 is 0. The number of alkyl halides is 3. The quantitative estimate of drug-likeness (QED) is 0.839. The summed E-state index contributed by atoms with van der Waals surface area (Å²) in [6.07, 6.45) is -3.00. The maximum Gasteiger partial charge on any atom is 0.416 e. The van der Waals surface area contributed by atoms with E-state index in [-0.39, 0.29) is 0 Å².